The molecule has 0 saturated carbocycles. The molecule has 3 rings (SSSR count). The molecule has 3 aromatic rings. The van der Waals surface area contributed by atoms with Crippen LogP contribution < -0.4 is 5.32 Å². The Morgan fingerprint density at radius 1 is 0.947 bits per heavy atom. The van der Waals surface area contributed by atoms with Gasteiger partial charge in [0.25, 0.3) is 0 Å². The molecule has 0 radical (unpaired) electrons. The van der Waals surface area contributed by atoms with Crippen LogP contribution >= 0.6 is 11.6 Å². The van der Waals surface area contributed by atoms with Gasteiger partial charge in [0.1, 0.15) is 5.82 Å². The van der Waals surface area contributed by atoms with E-state index in [1.807, 2.05) is 42.5 Å². The van der Waals surface area contributed by atoms with Gasteiger partial charge in [-0.2, -0.15) is 0 Å². The van der Waals surface area contributed by atoms with Crippen molar-refractivity contribution in [1.82, 2.24) is 4.98 Å². The molecule has 2 aromatic carbocycles. The van der Waals surface area contributed by atoms with Crippen molar-refractivity contribution in [3.8, 4) is 0 Å². The Labute approximate surface area is 116 Å². The first-order valence-corrected chi connectivity index (χ1v) is 6.07. The Kier molecular flexibility index (Phi) is 4.00. The summed E-state index contributed by atoms with van der Waals surface area (Å²) in [7, 11) is 0. The third kappa shape index (κ3) is 2.84. The molecule has 1 heterocycles. The highest BCUT2D eigenvalue weighted by molar-refractivity contribution is 6.30. The standard InChI is InChI=1S/C15H11ClN2.H2O/c16-12-5-3-6-13(10-12)18-15-14-7-2-1-4-11(14)8-9-17-15;/h1-10H,(H,17,18);1H2. The Hall–Kier alpha value is -2.10. The molecule has 0 atom stereocenters. The van der Waals surface area contributed by atoms with Crippen molar-refractivity contribution in [3.63, 3.8) is 0 Å². The lowest BCUT2D eigenvalue weighted by Crippen LogP contribution is -1.94. The number of benzene rings is 2. The summed E-state index contributed by atoms with van der Waals surface area (Å²) < 4.78 is 0. The van der Waals surface area contributed by atoms with Crippen molar-refractivity contribution in [1.29, 1.82) is 0 Å². The van der Waals surface area contributed by atoms with E-state index < -0.39 is 0 Å². The maximum Gasteiger partial charge on any atom is 0.138 e. The van der Waals surface area contributed by atoms with Crippen LogP contribution in [0.1, 0.15) is 0 Å². The number of halogens is 1. The number of aromatic nitrogens is 1. The maximum absolute atomic E-state index is 5.97. The first-order valence-electron chi connectivity index (χ1n) is 5.69. The van der Waals surface area contributed by atoms with Gasteiger partial charge in [-0.3, -0.25) is 0 Å². The van der Waals surface area contributed by atoms with E-state index in [4.69, 9.17) is 11.6 Å². The average molecular weight is 273 g/mol. The molecule has 0 unspecified atom stereocenters. The number of anilines is 2. The predicted molar refractivity (Wildman–Crippen MR) is 80.1 cm³/mol. The van der Waals surface area contributed by atoms with Crippen LogP contribution in [0.15, 0.2) is 60.8 Å². The number of nitrogens with one attached hydrogen (secondary N) is 1. The number of pyridine rings is 1. The highest BCUT2D eigenvalue weighted by Gasteiger charge is 2.02. The highest BCUT2D eigenvalue weighted by atomic mass is 35.5. The first-order chi connectivity index (χ1) is 8.83. The van der Waals surface area contributed by atoms with Gasteiger partial charge in [-0.1, -0.05) is 41.9 Å². The minimum Gasteiger partial charge on any atom is -0.412 e. The number of fused-ring (bicyclic) bond motifs is 1. The van der Waals surface area contributed by atoms with Gasteiger partial charge in [-0.25, -0.2) is 4.98 Å². The molecule has 1 aromatic heterocycles. The second-order valence-corrected chi connectivity index (χ2v) is 4.45. The van der Waals surface area contributed by atoms with Crippen LogP contribution in [0.4, 0.5) is 11.5 Å². The van der Waals surface area contributed by atoms with Crippen LogP contribution in [0, 0.1) is 0 Å². The zero-order valence-corrected chi connectivity index (χ0v) is 10.9. The fourth-order valence-electron chi connectivity index (χ4n) is 1.92. The average Bonchev–Trinajstić information content (AvgIpc) is 2.39. The zero-order chi connectivity index (χ0) is 12.4. The van der Waals surface area contributed by atoms with Gasteiger partial charge in [0.15, 0.2) is 0 Å². The highest BCUT2D eigenvalue weighted by Crippen LogP contribution is 2.25. The molecule has 0 amide bonds. The summed E-state index contributed by atoms with van der Waals surface area (Å²) in [5.74, 6) is 0.843. The van der Waals surface area contributed by atoms with E-state index in [0.29, 0.717) is 5.02 Å². The molecule has 3 nitrogen and oxygen atoms in total. The lowest BCUT2D eigenvalue weighted by atomic mass is 10.1. The number of rotatable bonds is 2. The van der Waals surface area contributed by atoms with Crippen LogP contribution in [-0.4, -0.2) is 10.5 Å². The largest absolute Gasteiger partial charge is 0.412 e. The summed E-state index contributed by atoms with van der Waals surface area (Å²) in [6, 6.07) is 17.8. The summed E-state index contributed by atoms with van der Waals surface area (Å²) in [5, 5.41) is 6.26. The zero-order valence-electron chi connectivity index (χ0n) is 10.1. The lowest BCUT2D eigenvalue weighted by molar-refractivity contribution is 0.824. The van der Waals surface area contributed by atoms with E-state index in [1.54, 1.807) is 6.20 Å². The molecular weight excluding hydrogens is 260 g/mol. The SMILES string of the molecule is Clc1cccc(Nc2nccc3ccccc23)c1.O. The Balaban J connectivity index is 0.00000133. The van der Waals surface area contributed by atoms with E-state index in [-0.39, 0.29) is 5.48 Å². The number of hydrogen-bond acceptors (Lipinski definition) is 2. The summed E-state index contributed by atoms with van der Waals surface area (Å²) >= 11 is 5.97. The third-order valence-electron chi connectivity index (χ3n) is 2.76. The van der Waals surface area contributed by atoms with Crippen LogP contribution in [-0.2, 0) is 0 Å². The van der Waals surface area contributed by atoms with E-state index >= 15 is 0 Å². The number of nitrogens with zero attached hydrogens (tertiary/aromatic N) is 1. The summed E-state index contributed by atoms with van der Waals surface area (Å²) in [6.07, 6.45) is 1.80. The molecule has 0 aliphatic carbocycles. The minimum atomic E-state index is 0. The second kappa shape index (κ2) is 5.69. The Morgan fingerprint density at radius 2 is 1.79 bits per heavy atom. The van der Waals surface area contributed by atoms with E-state index in [2.05, 4.69) is 22.4 Å². The first kappa shape index (κ1) is 13.3. The monoisotopic (exact) mass is 272 g/mol. The molecule has 0 spiro atoms. The second-order valence-electron chi connectivity index (χ2n) is 4.02. The number of hydrogen-bond donors (Lipinski definition) is 1. The van der Waals surface area contributed by atoms with Crippen LogP contribution in [0.3, 0.4) is 0 Å². The molecule has 3 N–H and O–H groups in total. The van der Waals surface area contributed by atoms with Crippen molar-refractivity contribution >= 4 is 33.9 Å². The van der Waals surface area contributed by atoms with Crippen molar-refractivity contribution in [2.24, 2.45) is 0 Å². The molecule has 0 aliphatic heterocycles. The van der Waals surface area contributed by atoms with E-state index in [9.17, 15) is 0 Å². The van der Waals surface area contributed by atoms with Crippen LogP contribution in [0.25, 0.3) is 10.8 Å². The summed E-state index contributed by atoms with van der Waals surface area (Å²) in [5.41, 5.74) is 0.936. The normalized spacial score (nSPS) is 9.95. The molecular formula is C15H13ClN2O. The van der Waals surface area contributed by atoms with Crippen LogP contribution in [0.2, 0.25) is 5.02 Å². The summed E-state index contributed by atoms with van der Waals surface area (Å²) in [6.45, 7) is 0. The molecule has 0 fully saturated rings. The quantitative estimate of drug-likeness (QED) is 0.771. The molecule has 19 heavy (non-hydrogen) atoms. The summed E-state index contributed by atoms with van der Waals surface area (Å²) in [4.78, 5) is 4.38. The third-order valence-corrected chi connectivity index (χ3v) is 3.00. The molecule has 4 heteroatoms. The predicted octanol–water partition coefficient (Wildman–Crippen LogP) is 3.81. The van der Waals surface area contributed by atoms with Gasteiger partial charge in [-0.15, -0.1) is 0 Å². The maximum atomic E-state index is 5.97. The van der Waals surface area contributed by atoms with Gasteiger partial charge >= 0.3 is 0 Å². The van der Waals surface area contributed by atoms with Crippen molar-refractivity contribution < 1.29 is 5.48 Å². The van der Waals surface area contributed by atoms with Gasteiger partial charge in [0, 0.05) is 22.3 Å². The Morgan fingerprint density at radius 3 is 2.63 bits per heavy atom. The van der Waals surface area contributed by atoms with Crippen LogP contribution in [0.5, 0.6) is 0 Å². The molecule has 0 saturated heterocycles. The Bertz CT molecular complexity index is 695. The van der Waals surface area contributed by atoms with Crippen molar-refractivity contribution in [3.05, 3.63) is 65.8 Å². The van der Waals surface area contributed by atoms with E-state index in [0.717, 1.165) is 22.3 Å². The molecule has 0 aliphatic rings. The van der Waals surface area contributed by atoms with Gasteiger partial charge in [-0.05, 0) is 29.7 Å². The fourth-order valence-corrected chi connectivity index (χ4v) is 2.11. The van der Waals surface area contributed by atoms with E-state index in [1.165, 1.54) is 0 Å². The fraction of sp³-hybridized carbons (Fsp3) is 0. The topological polar surface area (TPSA) is 56.4 Å². The molecule has 0 bridgehead atoms. The van der Waals surface area contributed by atoms with Crippen molar-refractivity contribution in [2.75, 3.05) is 5.32 Å². The minimum absolute atomic E-state index is 0. The van der Waals surface area contributed by atoms with Gasteiger partial charge < -0.3 is 10.8 Å². The lowest BCUT2D eigenvalue weighted by Gasteiger charge is -2.08. The van der Waals surface area contributed by atoms with Crippen molar-refractivity contribution in [2.45, 2.75) is 0 Å². The van der Waals surface area contributed by atoms with Gasteiger partial charge in [0.2, 0.25) is 0 Å². The molecule has 96 valence electrons. The smallest absolute Gasteiger partial charge is 0.138 e. The van der Waals surface area contributed by atoms with Gasteiger partial charge in [0.05, 0.1) is 0 Å².